The Kier molecular flexibility index (Phi) is 9.57. The minimum atomic E-state index is -4.94. The SMILES string of the molecule is Cc1ccc(S(=O)(=O)n2cc(-c3cn(CCCC(=O)O)nc3C(F)(F)F)c3cc(-c4cn(C)nc4CN(C)C(=O)OC(C)(C)C)cnc32)cc1. The lowest BCUT2D eigenvalue weighted by molar-refractivity contribution is -0.141. The summed E-state index contributed by atoms with van der Waals surface area (Å²) < 4.78 is 80.1. The third kappa shape index (κ3) is 7.66. The van der Waals surface area contributed by atoms with Gasteiger partial charge in [0.05, 0.1) is 17.1 Å². The van der Waals surface area contributed by atoms with Crippen LogP contribution in [0.2, 0.25) is 0 Å². The zero-order chi connectivity index (χ0) is 36.8. The van der Waals surface area contributed by atoms with Crippen molar-refractivity contribution in [1.82, 2.24) is 33.4 Å². The first-order valence-corrected chi connectivity index (χ1v) is 16.9. The minimum absolute atomic E-state index is 0.0140. The molecule has 4 aromatic heterocycles. The van der Waals surface area contributed by atoms with E-state index < -0.39 is 45.1 Å². The lowest BCUT2D eigenvalue weighted by Gasteiger charge is -2.24. The Morgan fingerprint density at radius 2 is 1.68 bits per heavy atom. The lowest BCUT2D eigenvalue weighted by atomic mass is 10.0. The summed E-state index contributed by atoms with van der Waals surface area (Å²) in [5.41, 5.74) is -0.542. The number of aliphatic carboxylic acids is 1. The van der Waals surface area contributed by atoms with Crippen LogP contribution in [0.25, 0.3) is 33.3 Å². The van der Waals surface area contributed by atoms with Gasteiger partial charge in [0, 0.05) is 79.5 Å². The Hall–Kier alpha value is -5.19. The predicted octanol–water partition coefficient (Wildman–Crippen LogP) is 6.10. The molecule has 1 amide bonds. The number of hydrogen-bond acceptors (Lipinski definition) is 8. The molecule has 0 saturated carbocycles. The highest BCUT2D eigenvalue weighted by Crippen LogP contribution is 2.41. The summed E-state index contributed by atoms with van der Waals surface area (Å²) in [6, 6.07) is 7.53. The molecule has 5 aromatic rings. The Labute approximate surface area is 285 Å². The van der Waals surface area contributed by atoms with E-state index >= 15 is 0 Å². The second-order valence-corrected chi connectivity index (χ2v) is 14.7. The molecule has 1 aromatic carbocycles. The number of nitrogens with zero attached hydrogens (tertiary/aromatic N) is 7. The van der Waals surface area contributed by atoms with E-state index in [0.717, 1.165) is 26.6 Å². The highest BCUT2D eigenvalue weighted by molar-refractivity contribution is 7.90. The van der Waals surface area contributed by atoms with Crippen LogP contribution in [-0.4, -0.2) is 71.7 Å². The Balaban J connectivity index is 1.70. The fourth-order valence-electron chi connectivity index (χ4n) is 5.30. The van der Waals surface area contributed by atoms with Gasteiger partial charge in [0.15, 0.2) is 11.3 Å². The Morgan fingerprint density at radius 3 is 2.30 bits per heavy atom. The molecule has 17 heteroatoms. The zero-order valence-electron chi connectivity index (χ0n) is 28.2. The van der Waals surface area contributed by atoms with E-state index in [9.17, 15) is 31.2 Å². The van der Waals surface area contributed by atoms with Crippen molar-refractivity contribution in [3.63, 3.8) is 0 Å². The quantitative estimate of drug-likeness (QED) is 0.181. The maximum Gasteiger partial charge on any atom is 0.435 e. The van der Waals surface area contributed by atoms with Gasteiger partial charge in [0.25, 0.3) is 10.0 Å². The molecule has 0 aliphatic carbocycles. The number of carbonyl (C=O) groups is 2. The van der Waals surface area contributed by atoms with E-state index in [2.05, 4.69) is 15.2 Å². The summed E-state index contributed by atoms with van der Waals surface area (Å²) in [7, 11) is -1.15. The molecule has 0 radical (unpaired) electrons. The van der Waals surface area contributed by atoms with Crippen molar-refractivity contribution >= 4 is 33.1 Å². The number of carbonyl (C=O) groups excluding carboxylic acids is 1. The smallest absolute Gasteiger partial charge is 0.435 e. The number of amides is 1. The molecule has 0 spiro atoms. The fraction of sp³-hybridized carbons (Fsp3) is 0.364. The van der Waals surface area contributed by atoms with Gasteiger partial charge >= 0.3 is 18.2 Å². The number of carboxylic acids is 1. The van der Waals surface area contributed by atoms with Crippen LogP contribution in [0.1, 0.15) is 50.6 Å². The van der Waals surface area contributed by atoms with Crippen LogP contribution in [0.5, 0.6) is 0 Å². The second kappa shape index (κ2) is 13.3. The van der Waals surface area contributed by atoms with Crippen LogP contribution < -0.4 is 0 Å². The predicted molar refractivity (Wildman–Crippen MR) is 176 cm³/mol. The number of fused-ring (bicyclic) bond motifs is 1. The summed E-state index contributed by atoms with van der Waals surface area (Å²) in [6.07, 6.45) is -0.539. The van der Waals surface area contributed by atoms with Crippen LogP contribution in [0.3, 0.4) is 0 Å². The molecule has 266 valence electrons. The highest BCUT2D eigenvalue weighted by Gasteiger charge is 2.39. The van der Waals surface area contributed by atoms with Crippen molar-refractivity contribution in [3.05, 3.63) is 72.1 Å². The number of rotatable bonds is 10. The maximum atomic E-state index is 14.5. The van der Waals surface area contributed by atoms with Crippen molar-refractivity contribution in [3.8, 4) is 22.3 Å². The summed E-state index contributed by atoms with van der Waals surface area (Å²) >= 11 is 0. The molecular weight excluding hydrogens is 679 g/mol. The molecule has 0 saturated heterocycles. The lowest BCUT2D eigenvalue weighted by Crippen LogP contribution is -2.34. The molecule has 0 aliphatic heterocycles. The Bertz CT molecular complexity index is 2180. The van der Waals surface area contributed by atoms with E-state index in [1.54, 1.807) is 53.1 Å². The summed E-state index contributed by atoms with van der Waals surface area (Å²) in [5.74, 6) is -1.11. The first kappa shape index (κ1) is 36.1. The third-order valence-electron chi connectivity index (χ3n) is 7.60. The molecule has 0 atom stereocenters. The highest BCUT2D eigenvalue weighted by atomic mass is 32.2. The number of pyridine rings is 1. The summed E-state index contributed by atoms with van der Waals surface area (Å²) in [6.45, 7) is 6.88. The van der Waals surface area contributed by atoms with Gasteiger partial charge in [-0.3, -0.25) is 14.2 Å². The zero-order valence-corrected chi connectivity index (χ0v) is 29.0. The van der Waals surface area contributed by atoms with E-state index in [-0.39, 0.29) is 47.4 Å². The van der Waals surface area contributed by atoms with Crippen molar-refractivity contribution in [1.29, 1.82) is 0 Å². The number of aryl methyl sites for hydroxylation is 3. The molecule has 5 rings (SSSR count). The largest absolute Gasteiger partial charge is 0.481 e. The van der Waals surface area contributed by atoms with Gasteiger partial charge in [-0.05, 0) is 52.3 Å². The number of benzene rings is 1. The van der Waals surface area contributed by atoms with Crippen molar-refractivity contribution in [2.75, 3.05) is 7.05 Å². The van der Waals surface area contributed by atoms with Gasteiger partial charge in [-0.15, -0.1) is 0 Å². The molecule has 50 heavy (non-hydrogen) atoms. The maximum absolute atomic E-state index is 14.5. The van der Waals surface area contributed by atoms with E-state index in [1.807, 2.05) is 0 Å². The van der Waals surface area contributed by atoms with E-state index in [0.29, 0.717) is 16.8 Å². The van der Waals surface area contributed by atoms with Gasteiger partial charge in [0.2, 0.25) is 0 Å². The fourth-order valence-corrected chi connectivity index (χ4v) is 6.63. The van der Waals surface area contributed by atoms with Crippen molar-refractivity contribution in [2.24, 2.45) is 7.05 Å². The molecule has 0 bridgehead atoms. The van der Waals surface area contributed by atoms with Crippen LogP contribution in [0.4, 0.5) is 18.0 Å². The number of halogens is 3. The molecule has 13 nitrogen and oxygen atoms in total. The number of aromatic nitrogens is 6. The van der Waals surface area contributed by atoms with Crippen molar-refractivity contribution < 1.29 is 41.0 Å². The Morgan fingerprint density at radius 1 is 1.00 bits per heavy atom. The van der Waals surface area contributed by atoms with Crippen LogP contribution >= 0.6 is 0 Å². The second-order valence-electron chi connectivity index (χ2n) is 12.9. The average Bonchev–Trinajstić information content (AvgIpc) is 3.71. The molecule has 0 unspecified atom stereocenters. The monoisotopic (exact) mass is 715 g/mol. The normalized spacial score (nSPS) is 12.4. The number of ether oxygens (including phenoxy) is 1. The molecule has 4 heterocycles. The van der Waals surface area contributed by atoms with Gasteiger partial charge in [-0.2, -0.15) is 23.4 Å². The molecule has 1 N–H and O–H groups in total. The van der Waals surface area contributed by atoms with Crippen LogP contribution in [0.15, 0.2) is 60.0 Å². The van der Waals surface area contributed by atoms with E-state index in [4.69, 9.17) is 9.84 Å². The first-order valence-electron chi connectivity index (χ1n) is 15.4. The average molecular weight is 716 g/mol. The molecule has 0 fully saturated rings. The summed E-state index contributed by atoms with van der Waals surface area (Å²) in [5, 5.41) is 17.3. The van der Waals surface area contributed by atoms with Crippen LogP contribution in [0, 0.1) is 6.92 Å². The van der Waals surface area contributed by atoms with Gasteiger partial charge in [-0.25, -0.2) is 22.2 Å². The van der Waals surface area contributed by atoms with Gasteiger partial charge in [0.1, 0.15) is 5.60 Å². The molecular formula is C33H36F3N7O6S. The standard InChI is InChI=1S/C33H36F3N7O6S/c1-20-9-11-22(12-10-20)50(47,48)43-18-25(26-17-42(13-7-8-28(44)45)39-29(26)33(34,35)36)23-14-21(15-37-30(23)43)24-16-41(6)38-27(24)19-40(5)31(46)49-32(2,3)4/h9-12,14-18H,7-8,13,19H2,1-6H3,(H,44,45). The third-order valence-corrected chi connectivity index (χ3v) is 9.26. The van der Waals surface area contributed by atoms with Gasteiger partial charge < -0.3 is 14.7 Å². The topological polar surface area (TPSA) is 154 Å². The number of carboxylic acid groups (broad SMARTS) is 1. The summed E-state index contributed by atoms with van der Waals surface area (Å²) in [4.78, 5) is 29.4. The van der Waals surface area contributed by atoms with Gasteiger partial charge in [-0.1, -0.05) is 17.7 Å². The minimum Gasteiger partial charge on any atom is -0.481 e. The molecule has 0 aliphatic rings. The van der Waals surface area contributed by atoms with E-state index in [1.165, 1.54) is 41.0 Å². The van der Waals surface area contributed by atoms with Crippen molar-refractivity contribution in [2.45, 2.75) is 70.3 Å². The first-order chi connectivity index (χ1) is 23.2. The number of alkyl halides is 3. The van der Waals surface area contributed by atoms with Crippen LogP contribution in [-0.2, 0) is 45.9 Å². The number of hydrogen-bond donors (Lipinski definition) is 1.